The Labute approximate surface area is 416 Å². The summed E-state index contributed by atoms with van der Waals surface area (Å²) in [5.74, 6) is -0.262. The average Bonchev–Trinajstić information content (AvgIpc) is 3.35. The molecule has 402 valence electrons. The van der Waals surface area contributed by atoms with E-state index in [4.69, 9.17) is 14.2 Å². The smallest absolute Gasteiger partial charge is 0.409 e. The molecule has 0 radical (unpaired) electrons. The van der Waals surface area contributed by atoms with Gasteiger partial charge in [0, 0.05) is 19.5 Å². The first-order chi connectivity index (χ1) is 33.2. The van der Waals surface area contributed by atoms with Gasteiger partial charge in [-0.2, -0.15) is 0 Å². The van der Waals surface area contributed by atoms with Crippen LogP contribution in [-0.4, -0.2) is 118 Å². The Morgan fingerprint density at radius 3 is 1.37 bits per heavy atom. The zero-order chi connectivity index (χ0) is 49.3. The summed E-state index contributed by atoms with van der Waals surface area (Å²) in [5.41, 5.74) is 0. The molecule has 2 rings (SSSR count). The molecular formula is C56H108N2O10. The van der Waals surface area contributed by atoms with Crippen molar-refractivity contribution in [3.8, 4) is 0 Å². The number of nitrogens with one attached hydrogen (secondary N) is 1. The Morgan fingerprint density at radius 1 is 0.544 bits per heavy atom. The number of nitrogens with zero attached hydrogens (tertiary/aromatic N) is 1. The fourth-order valence-electron chi connectivity index (χ4n) is 9.92. The summed E-state index contributed by atoms with van der Waals surface area (Å²) < 4.78 is 17.1. The van der Waals surface area contributed by atoms with E-state index in [-0.39, 0.29) is 25.5 Å². The van der Waals surface area contributed by atoms with Gasteiger partial charge in [0.05, 0.1) is 18.8 Å². The van der Waals surface area contributed by atoms with Crippen LogP contribution in [0, 0.1) is 0 Å². The average molecular weight is 969 g/mol. The molecule has 0 saturated carbocycles. The number of amides is 2. The summed E-state index contributed by atoms with van der Waals surface area (Å²) in [6.45, 7) is 5.00. The highest BCUT2D eigenvalue weighted by molar-refractivity contribution is 5.76. The van der Waals surface area contributed by atoms with Gasteiger partial charge in [-0.15, -0.1) is 0 Å². The SMILES string of the molecule is CCCCCCCCCCCCCCCCCCCCCCCCCC(=O)NC(CO[C@H]1O[C@H](COC(=O)N2CCCCC2)[C@H](O)[C@H](O)[C@H]1O)C(O)C(O)CCCCCCCCCCCCCC. The van der Waals surface area contributed by atoms with Crippen molar-refractivity contribution in [2.75, 3.05) is 26.3 Å². The van der Waals surface area contributed by atoms with Gasteiger partial charge < -0.3 is 50.0 Å². The van der Waals surface area contributed by atoms with Gasteiger partial charge in [-0.05, 0) is 32.1 Å². The van der Waals surface area contributed by atoms with Crippen LogP contribution in [0.4, 0.5) is 4.79 Å². The lowest BCUT2D eigenvalue weighted by Gasteiger charge is -2.41. The van der Waals surface area contributed by atoms with Gasteiger partial charge in [-0.3, -0.25) is 4.79 Å². The minimum Gasteiger partial charge on any atom is -0.447 e. The van der Waals surface area contributed by atoms with E-state index in [0.29, 0.717) is 25.9 Å². The lowest BCUT2D eigenvalue weighted by Crippen LogP contribution is -2.60. The molecule has 0 bridgehead atoms. The van der Waals surface area contributed by atoms with Crippen molar-refractivity contribution >= 4 is 12.0 Å². The van der Waals surface area contributed by atoms with Gasteiger partial charge >= 0.3 is 6.09 Å². The van der Waals surface area contributed by atoms with Crippen molar-refractivity contribution in [1.29, 1.82) is 0 Å². The molecule has 0 spiro atoms. The molecule has 3 unspecified atom stereocenters. The standard InChI is InChI=1S/C56H108N2O10/c1-3-5-7-9-11-13-15-17-18-19-20-21-22-23-24-25-26-27-29-31-33-35-38-42-50(60)57-47(51(61)48(59)41-37-34-32-30-28-16-14-12-10-8-6-4-2)45-66-55-54(64)53(63)52(62)49(68-55)46-67-56(65)58-43-39-36-40-44-58/h47-49,51-55,59,61-64H,3-46H2,1-2H3,(H,57,60)/t47?,48?,49-,51?,52+,53+,54-,55+/m1/s1. The minimum absolute atomic E-state index is 0.262. The van der Waals surface area contributed by atoms with Gasteiger partial charge in [-0.1, -0.05) is 232 Å². The number of carbonyl (C=O) groups excluding carboxylic acids is 2. The first kappa shape index (κ1) is 62.6. The molecule has 8 atom stereocenters. The summed E-state index contributed by atoms with van der Waals surface area (Å²) in [6, 6.07) is -1.02. The predicted molar refractivity (Wildman–Crippen MR) is 276 cm³/mol. The molecule has 2 aliphatic heterocycles. The van der Waals surface area contributed by atoms with E-state index in [1.165, 1.54) is 173 Å². The fraction of sp³-hybridized carbons (Fsp3) is 0.964. The monoisotopic (exact) mass is 969 g/mol. The number of ether oxygens (including phenoxy) is 3. The third-order valence-corrected chi connectivity index (χ3v) is 14.6. The number of hydrogen-bond donors (Lipinski definition) is 6. The number of piperidine rings is 1. The lowest BCUT2D eigenvalue weighted by atomic mass is 9.98. The van der Waals surface area contributed by atoms with Crippen LogP contribution in [0.3, 0.4) is 0 Å². The first-order valence-electron chi connectivity index (χ1n) is 29.1. The van der Waals surface area contributed by atoms with Crippen LogP contribution < -0.4 is 5.32 Å². The highest BCUT2D eigenvalue weighted by Gasteiger charge is 2.45. The molecule has 2 fully saturated rings. The predicted octanol–water partition coefficient (Wildman–Crippen LogP) is 12.1. The zero-order valence-corrected chi connectivity index (χ0v) is 44.0. The third-order valence-electron chi connectivity index (χ3n) is 14.6. The van der Waals surface area contributed by atoms with Crippen LogP contribution in [0.15, 0.2) is 0 Å². The van der Waals surface area contributed by atoms with Gasteiger partial charge in [0.2, 0.25) is 5.91 Å². The number of unbranched alkanes of at least 4 members (excludes halogenated alkanes) is 33. The maximum absolute atomic E-state index is 13.2. The summed E-state index contributed by atoms with van der Waals surface area (Å²) in [4.78, 5) is 27.5. The van der Waals surface area contributed by atoms with Crippen LogP contribution in [0.2, 0.25) is 0 Å². The Hall–Kier alpha value is -1.54. The number of aliphatic hydroxyl groups excluding tert-OH is 5. The molecule has 6 N–H and O–H groups in total. The van der Waals surface area contributed by atoms with E-state index >= 15 is 0 Å². The molecule has 0 aromatic carbocycles. The highest BCUT2D eigenvalue weighted by atomic mass is 16.7. The molecule has 2 saturated heterocycles. The molecule has 0 aromatic rings. The van der Waals surface area contributed by atoms with Gasteiger partial charge in [0.1, 0.15) is 37.1 Å². The van der Waals surface area contributed by atoms with E-state index in [2.05, 4.69) is 19.2 Å². The fourth-order valence-corrected chi connectivity index (χ4v) is 9.92. The molecule has 2 amide bonds. The topological polar surface area (TPSA) is 178 Å². The lowest BCUT2D eigenvalue weighted by molar-refractivity contribution is -0.303. The molecule has 2 heterocycles. The summed E-state index contributed by atoms with van der Waals surface area (Å²) in [7, 11) is 0. The van der Waals surface area contributed by atoms with Crippen molar-refractivity contribution in [2.45, 2.75) is 320 Å². The number of likely N-dealkylation sites (tertiary alicyclic amines) is 1. The molecule has 12 heteroatoms. The van der Waals surface area contributed by atoms with Crippen LogP contribution in [-0.2, 0) is 19.0 Å². The number of hydrogen-bond acceptors (Lipinski definition) is 10. The van der Waals surface area contributed by atoms with Crippen LogP contribution >= 0.6 is 0 Å². The molecule has 0 aromatic heterocycles. The van der Waals surface area contributed by atoms with Crippen molar-refractivity contribution in [3.63, 3.8) is 0 Å². The second kappa shape index (κ2) is 43.1. The van der Waals surface area contributed by atoms with Crippen molar-refractivity contribution in [1.82, 2.24) is 10.2 Å². The zero-order valence-electron chi connectivity index (χ0n) is 44.0. The molecule has 2 aliphatic rings. The van der Waals surface area contributed by atoms with E-state index in [1.54, 1.807) is 4.90 Å². The third kappa shape index (κ3) is 31.0. The van der Waals surface area contributed by atoms with Gasteiger partial charge in [0.15, 0.2) is 6.29 Å². The van der Waals surface area contributed by atoms with Crippen LogP contribution in [0.1, 0.15) is 271 Å². The van der Waals surface area contributed by atoms with E-state index in [0.717, 1.165) is 64.2 Å². The Balaban J connectivity index is 1.70. The number of rotatable bonds is 45. The molecule has 12 nitrogen and oxygen atoms in total. The van der Waals surface area contributed by atoms with Crippen LogP contribution in [0.25, 0.3) is 0 Å². The normalized spacial score (nSPS) is 21.2. The maximum atomic E-state index is 13.2. The summed E-state index contributed by atoms with van der Waals surface area (Å²) in [5, 5.41) is 57.5. The van der Waals surface area contributed by atoms with E-state index in [1.807, 2.05) is 0 Å². The first-order valence-corrected chi connectivity index (χ1v) is 29.1. The van der Waals surface area contributed by atoms with Gasteiger partial charge in [0.25, 0.3) is 0 Å². The molecule has 0 aliphatic carbocycles. The van der Waals surface area contributed by atoms with Crippen molar-refractivity contribution < 1.29 is 49.3 Å². The highest BCUT2D eigenvalue weighted by Crippen LogP contribution is 2.25. The summed E-state index contributed by atoms with van der Waals surface area (Å²) >= 11 is 0. The van der Waals surface area contributed by atoms with Crippen molar-refractivity contribution in [3.05, 3.63) is 0 Å². The Kier molecular flexibility index (Phi) is 39.6. The number of carbonyl (C=O) groups is 2. The van der Waals surface area contributed by atoms with Gasteiger partial charge in [-0.25, -0.2) is 4.79 Å². The second-order valence-corrected chi connectivity index (χ2v) is 20.9. The molecule has 68 heavy (non-hydrogen) atoms. The van der Waals surface area contributed by atoms with Crippen molar-refractivity contribution in [2.24, 2.45) is 0 Å². The molecular weight excluding hydrogens is 861 g/mol. The quantitative estimate of drug-likeness (QED) is 0.0322. The minimum atomic E-state index is -1.65. The second-order valence-electron chi connectivity index (χ2n) is 20.9. The summed E-state index contributed by atoms with van der Waals surface area (Å²) in [6.07, 6.45) is 37.2. The number of aliphatic hydroxyl groups is 5. The Morgan fingerprint density at radius 2 is 0.941 bits per heavy atom. The van der Waals surface area contributed by atoms with E-state index in [9.17, 15) is 35.1 Å². The Bertz CT molecular complexity index is 1160. The van der Waals surface area contributed by atoms with E-state index < -0.39 is 55.0 Å². The largest absolute Gasteiger partial charge is 0.447 e. The van der Waals surface area contributed by atoms with Crippen LogP contribution in [0.5, 0.6) is 0 Å². The maximum Gasteiger partial charge on any atom is 0.409 e.